The molecule has 0 aromatic rings. The van der Waals surface area contributed by atoms with Crippen molar-refractivity contribution < 1.29 is 0 Å². The Morgan fingerprint density at radius 1 is 1.23 bits per heavy atom. The summed E-state index contributed by atoms with van der Waals surface area (Å²) in [4.78, 5) is 2.55. The Bertz CT molecular complexity index is 205. The first-order valence-electron chi connectivity index (χ1n) is 5.44. The van der Waals surface area contributed by atoms with E-state index in [4.69, 9.17) is 5.26 Å². The molecule has 0 bridgehead atoms. The average molecular weight is 178 g/mol. The number of nitrogens with zero attached hydrogens (tertiary/aromatic N) is 2. The first kappa shape index (κ1) is 9.02. The van der Waals surface area contributed by atoms with Crippen LogP contribution in [0.25, 0.3) is 0 Å². The highest BCUT2D eigenvalue weighted by Gasteiger charge is 2.46. The predicted octanol–water partition coefficient (Wildman–Crippen LogP) is 2.17. The molecule has 0 radical (unpaired) electrons. The van der Waals surface area contributed by atoms with Gasteiger partial charge in [0.1, 0.15) is 0 Å². The third-order valence-corrected chi connectivity index (χ3v) is 3.55. The average Bonchev–Trinajstić information content (AvgIpc) is 1.97. The lowest BCUT2D eigenvalue weighted by Crippen LogP contribution is -2.59. The Balaban J connectivity index is 1.52. The smallest absolute Gasteiger partial charge is 0.0621 e. The maximum Gasteiger partial charge on any atom is 0.0621 e. The molecule has 0 N–H and O–H groups in total. The van der Waals surface area contributed by atoms with Crippen molar-refractivity contribution in [3.8, 4) is 6.07 Å². The van der Waals surface area contributed by atoms with E-state index in [1.54, 1.807) is 0 Å². The van der Waals surface area contributed by atoms with Gasteiger partial charge in [-0.05, 0) is 37.6 Å². The molecule has 1 heterocycles. The van der Waals surface area contributed by atoms with Crippen LogP contribution in [0.3, 0.4) is 0 Å². The molecule has 0 unspecified atom stereocenters. The zero-order chi connectivity index (χ0) is 9.15. The Labute approximate surface area is 80.5 Å². The van der Waals surface area contributed by atoms with E-state index in [9.17, 15) is 0 Å². The van der Waals surface area contributed by atoms with Gasteiger partial charge in [0.05, 0.1) is 6.07 Å². The van der Waals surface area contributed by atoms with Crippen LogP contribution in [0.4, 0.5) is 0 Å². The van der Waals surface area contributed by atoms with Crippen molar-refractivity contribution in [2.45, 2.75) is 38.5 Å². The van der Waals surface area contributed by atoms with Gasteiger partial charge in [-0.25, -0.2) is 0 Å². The first-order chi connectivity index (χ1) is 6.35. The third kappa shape index (κ3) is 1.86. The largest absolute Gasteiger partial charge is 0.302 e. The molecule has 2 aliphatic rings. The zero-order valence-corrected chi connectivity index (χ0v) is 8.26. The van der Waals surface area contributed by atoms with E-state index < -0.39 is 0 Å². The van der Waals surface area contributed by atoms with Gasteiger partial charge in [0, 0.05) is 19.5 Å². The minimum atomic E-state index is 0.735. The SMILES string of the molecule is N#CCCCCN1CC2(CCC2)C1. The van der Waals surface area contributed by atoms with E-state index in [-0.39, 0.29) is 0 Å². The molecule has 2 fully saturated rings. The highest BCUT2D eigenvalue weighted by molar-refractivity contribution is 5.00. The number of unbranched alkanes of at least 4 members (excludes halogenated alkanes) is 2. The molecule has 0 atom stereocenters. The highest BCUT2D eigenvalue weighted by Crippen LogP contribution is 2.47. The van der Waals surface area contributed by atoms with Crippen LogP contribution in [0.15, 0.2) is 0 Å². The minimum absolute atomic E-state index is 0.735. The maximum absolute atomic E-state index is 8.37. The van der Waals surface area contributed by atoms with Crippen molar-refractivity contribution in [1.82, 2.24) is 4.90 Å². The van der Waals surface area contributed by atoms with Gasteiger partial charge in [-0.3, -0.25) is 0 Å². The Morgan fingerprint density at radius 3 is 2.54 bits per heavy atom. The number of rotatable bonds is 4. The molecule has 2 heteroatoms. The van der Waals surface area contributed by atoms with Crippen molar-refractivity contribution in [1.29, 1.82) is 5.26 Å². The molecule has 0 aromatic heterocycles. The lowest BCUT2D eigenvalue weighted by molar-refractivity contribution is -0.0598. The van der Waals surface area contributed by atoms with Crippen LogP contribution >= 0.6 is 0 Å². The Morgan fingerprint density at radius 2 is 2.00 bits per heavy atom. The van der Waals surface area contributed by atoms with Crippen LogP contribution in [0.5, 0.6) is 0 Å². The van der Waals surface area contributed by atoms with Crippen molar-refractivity contribution in [2.75, 3.05) is 19.6 Å². The van der Waals surface area contributed by atoms with E-state index in [0.29, 0.717) is 0 Å². The molecule has 0 amide bonds. The van der Waals surface area contributed by atoms with Crippen LogP contribution in [0.2, 0.25) is 0 Å². The van der Waals surface area contributed by atoms with Gasteiger partial charge in [0.15, 0.2) is 0 Å². The van der Waals surface area contributed by atoms with Gasteiger partial charge in [0.2, 0.25) is 0 Å². The lowest BCUT2D eigenvalue weighted by atomic mass is 9.63. The molecule has 2 nitrogen and oxygen atoms in total. The summed E-state index contributed by atoms with van der Waals surface area (Å²) in [5, 5.41) is 8.37. The fraction of sp³-hybridized carbons (Fsp3) is 0.909. The Kier molecular flexibility index (Phi) is 2.55. The minimum Gasteiger partial charge on any atom is -0.302 e. The lowest BCUT2D eigenvalue weighted by Gasteiger charge is -2.56. The molecule has 2 rings (SSSR count). The predicted molar refractivity (Wildman–Crippen MR) is 52.2 cm³/mol. The van der Waals surface area contributed by atoms with E-state index >= 15 is 0 Å². The molecule has 72 valence electrons. The van der Waals surface area contributed by atoms with Crippen LogP contribution < -0.4 is 0 Å². The van der Waals surface area contributed by atoms with Crippen LogP contribution in [0.1, 0.15) is 38.5 Å². The number of hydrogen-bond donors (Lipinski definition) is 0. The molecule has 1 aliphatic heterocycles. The quantitative estimate of drug-likeness (QED) is 0.617. The summed E-state index contributed by atoms with van der Waals surface area (Å²) in [6, 6.07) is 2.20. The van der Waals surface area contributed by atoms with Gasteiger partial charge < -0.3 is 4.90 Å². The van der Waals surface area contributed by atoms with E-state index in [0.717, 1.165) is 18.3 Å². The van der Waals surface area contributed by atoms with Gasteiger partial charge >= 0.3 is 0 Å². The van der Waals surface area contributed by atoms with Crippen molar-refractivity contribution in [3.05, 3.63) is 0 Å². The third-order valence-electron chi connectivity index (χ3n) is 3.55. The summed E-state index contributed by atoms with van der Waals surface area (Å²) >= 11 is 0. The summed E-state index contributed by atoms with van der Waals surface area (Å²) in [7, 11) is 0. The summed E-state index contributed by atoms with van der Waals surface area (Å²) in [6.45, 7) is 3.92. The first-order valence-corrected chi connectivity index (χ1v) is 5.44. The molecular formula is C11H18N2. The molecule has 13 heavy (non-hydrogen) atoms. The van der Waals surface area contributed by atoms with E-state index in [1.165, 1.54) is 45.3 Å². The second kappa shape index (κ2) is 3.67. The van der Waals surface area contributed by atoms with Gasteiger partial charge in [-0.1, -0.05) is 6.42 Å². The van der Waals surface area contributed by atoms with Crippen molar-refractivity contribution in [2.24, 2.45) is 5.41 Å². The summed E-state index contributed by atoms with van der Waals surface area (Å²) in [5.41, 5.74) is 0.773. The van der Waals surface area contributed by atoms with Crippen molar-refractivity contribution in [3.63, 3.8) is 0 Å². The Hall–Kier alpha value is -0.550. The zero-order valence-electron chi connectivity index (χ0n) is 8.26. The van der Waals surface area contributed by atoms with Crippen LogP contribution in [0, 0.1) is 16.7 Å². The summed E-state index contributed by atoms with van der Waals surface area (Å²) < 4.78 is 0. The van der Waals surface area contributed by atoms with Crippen LogP contribution in [-0.4, -0.2) is 24.5 Å². The summed E-state index contributed by atoms with van der Waals surface area (Å²) in [5.74, 6) is 0. The summed E-state index contributed by atoms with van der Waals surface area (Å²) in [6.07, 6.45) is 7.44. The molecular weight excluding hydrogens is 160 g/mol. The van der Waals surface area contributed by atoms with Crippen molar-refractivity contribution >= 4 is 0 Å². The van der Waals surface area contributed by atoms with E-state index in [2.05, 4.69) is 11.0 Å². The fourth-order valence-electron chi connectivity index (χ4n) is 2.59. The number of hydrogen-bond acceptors (Lipinski definition) is 2. The topological polar surface area (TPSA) is 27.0 Å². The van der Waals surface area contributed by atoms with Gasteiger partial charge in [-0.2, -0.15) is 5.26 Å². The number of likely N-dealkylation sites (tertiary alicyclic amines) is 1. The second-order valence-corrected chi connectivity index (χ2v) is 4.68. The maximum atomic E-state index is 8.37. The van der Waals surface area contributed by atoms with Crippen LogP contribution in [-0.2, 0) is 0 Å². The van der Waals surface area contributed by atoms with Gasteiger partial charge in [0.25, 0.3) is 0 Å². The molecule has 1 saturated heterocycles. The highest BCUT2D eigenvalue weighted by atomic mass is 15.2. The monoisotopic (exact) mass is 178 g/mol. The molecule has 1 spiro atoms. The molecule has 1 saturated carbocycles. The molecule has 1 aliphatic carbocycles. The second-order valence-electron chi connectivity index (χ2n) is 4.68. The fourth-order valence-corrected chi connectivity index (χ4v) is 2.59. The number of nitriles is 1. The standard InChI is InChI=1S/C11H18N2/c12-7-2-1-3-8-13-9-11(10-13)5-4-6-11/h1-6,8-10H2. The molecule has 0 aromatic carbocycles. The van der Waals surface area contributed by atoms with E-state index in [1.807, 2.05) is 0 Å². The van der Waals surface area contributed by atoms with Gasteiger partial charge in [-0.15, -0.1) is 0 Å². The normalized spacial score (nSPS) is 24.8.